The first kappa shape index (κ1) is 17.8. The van der Waals surface area contributed by atoms with Crippen LogP contribution in [0.15, 0.2) is 24.3 Å². The average Bonchev–Trinajstić information content (AvgIpc) is 2.49. The number of rotatable bonds is 6. The lowest BCUT2D eigenvalue weighted by molar-refractivity contribution is -0.120. The number of nitrogens with one attached hydrogen (secondary N) is 2. The summed E-state index contributed by atoms with van der Waals surface area (Å²) in [5, 5.41) is 6.20. The lowest BCUT2D eigenvalue weighted by Gasteiger charge is -2.22. The monoisotopic (exact) mass is 314 g/mol. The molecule has 0 aliphatic carbocycles. The molecule has 2 rings (SSSR count). The molecule has 0 aromatic heterocycles. The van der Waals surface area contributed by atoms with Crippen molar-refractivity contribution >= 4 is 24.0 Å². The molecule has 1 aromatic rings. The molecule has 1 heterocycles. The summed E-state index contributed by atoms with van der Waals surface area (Å²) in [6, 6.07) is 7.45. The topological polar surface area (TPSA) is 59.6 Å². The number of methoxy groups -OCH3 is 1. The maximum absolute atomic E-state index is 12.1. The van der Waals surface area contributed by atoms with E-state index in [9.17, 15) is 4.79 Å². The normalized spacial score (nSPS) is 17.7. The molecule has 2 N–H and O–H groups in total. The second-order valence-electron chi connectivity index (χ2n) is 4.90. The van der Waals surface area contributed by atoms with E-state index in [-0.39, 0.29) is 24.2 Å². The molecule has 0 saturated carbocycles. The number of hydrogen-bond acceptors (Lipinski definition) is 4. The molecule has 118 valence electrons. The molecule has 1 amide bonds. The zero-order valence-corrected chi connectivity index (χ0v) is 13.1. The van der Waals surface area contributed by atoms with E-state index in [1.165, 1.54) is 0 Å². The van der Waals surface area contributed by atoms with Crippen molar-refractivity contribution in [1.29, 1.82) is 0 Å². The summed E-state index contributed by atoms with van der Waals surface area (Å²) in [5.74, 6) is 0.870. The Morgan fingerprint density at radius 2 is 2.29 bits per heavy atom. The average molecular weight is 315 g/mol. The van der Waals surface area contributed by atoms with Gasteiger partial charge in [0.1, 0.15) is 12.4 Å². The van der Waals surface area contributed by atoms with Crippen LogP contribution >= 0.6 is 12.4 Å². The van der Waals surface area contributed by atoms with Gasteiger partial charge in [-0.2, -0.15) is 0 Å². The van der Waals surface area contributed by atoms with E-state index in [0.29, 0.717) is 13.2 Å². The van der Waals surface area contributed by atoms with E-state index in [1.54, 1.807) is 7.11 Å². The SMILES string of the molecule is COCCOc1cccc(NC(=O)[C@@H]2CCCNC2)c1.Cl. The second kappa shape index (κ2) is 9.60. The zero-order chi connectivity index (χ0) is 14.2. The smallest absolute Gasteiger partial charge is 0.228 e. The highest BCUT2D eigenvalue weighted by Crippen LogP contribution is 2.19. The van der Waals surface area contributed by atoms with Gasteiger partial charge >= 0.3 is 0 Å². The largest absolute Gasteiger partial charge is 0.491 e. The Labute approximate surface area is 131 Å². The summed E-state index contributed by atoms with van der Waals surface area (Å²) in [6.07, 6.45) is 2.00. The predicted octanol–water partition coefficient (Wildman–Crippen LogP) is 2.07. The fraction of sp³-hybridized carbons (Fsp3) is 0.533. The lowest BCUT2D eigenvalue weighted by Crippen LogP contribution is -2.37. The van der Waals surface area contributed by atoms with Crippen LogP contribution in [0.1, 0.15) is 12.8 Å². The van der Waals surface area contributed by atoms with Crippen molar-refractivity contribution in [1.82, 2.24) is 5.32 Å². The molecule has 1 saturated heterocycles. The van der Waals surface area contributed by atoms with Crippen LogP contribution in [0.2, 0.25) is 0 Å². The van der Waals surface area contributed by atoms with Crippen LogP contribution in [0.5, 0.6) is 5.75 Å². The molecule has 0 unspecified atom stereocenters. The first-order valence-corrected chi connectivity index (χ1v) is 7.03. The van der Waals surface area contributed by atoms with Gasteiger partial charge in [0.15, 0.2) is 0 Å². The number of hydrogen-bond donors (Lipinski definition) is 2. The van der Waals surface area contributed by atoms with E-state index >= 15 is 0 Å². The minimum Gasteiger partial charge on any atom is -0.491 e. The van der Waals surface area contributed by atoms with Crippen LogP contribution in [0.3, 0.4) is 0 Å². The van der Waals surface area contributed by atoms with Crippen LogP contribution in [0.4, 0.5) is 5.69 Å². The van der Waals surface area contributed by atoms with Gasteiger partial charge in [-0.05, 0) is 31.5 Å². The molecule has 1 atom stereocenters. The fourth-order valence-corrected chi connectivity index (χ4v) is 2.23. The van der Waals surface area contributed by atoms with Crippen molar-refractivity contribution in [2.45, 2.75) is 12.8 Å². The molecule has 1 aliphatic heterocycles. The molecular formula is C15H23ClN2O3. The third-order valence-electron chi connectivity index (χ3n) is 3.33. The van der Waals surface area contributed by atoms with E-state index in [4.69, 9.17) is 9.47 Å². The molecule has 21 heavy (non-hydrogen) atoms. The minimum atomic E-state index is 0. The fourth-order valence-electron chi connectivity index (χ4n) is 2.23. The number of ether oxygens (including phenoxy) is 2. The molecular weight excluding hydrogens is 292 g/mol. The van der Waals surface area contributed by atoms with Crippen LogP contribution in [-0.2, 0) is 9.53 Å². The Morgan fingerprint density at radius 1 is 1.43 bits per heavy atom. The quantitative estimate of drug-likeness (QED) is 0.789. The van der Waals surface area contributed by atoms with Crippen molar-refractivity contribution in [2.24, 2.45) is 5.92 Å². The maximum atomic E-state index is 12.1. The van der Waals surface area contributed by atoms with Gasteiger partial charge in [0.2, 0.25) is 5.91 Å². The van der Waals surface area contributed by atoms with Gasteiger partial charge in [-0.15, -0.1) is 12.4 Å². The molecule has 0 radical (unpaired) electrons. The summed E-state index contributed by atoms with van der Waals surface area (Å²) >= 11 is 0. The summed E-state index contributed by atoms with van der Waals surface area (Å²) in [6.45, 7) is 2.81. The zero-order valence-electron chi connectivity index (χ0n) is 12.3. The van der Waals surface area contributed by atoms with Crippen molar-refractivity contribution in [3.8, 4) is 5.75 Å². The van der Waals surface area contributed by atoms with Crippen molar-refractivity contribution in [2.75, 3.05) is 38.7 Å². The number of carbonyl (C=O) groups excluding carboxylic acids is 1. The van der Waals surface area contributed by atoms with Crippen LogP contribution in [0.25, 0.3) is 0 Å². The van der Waals surface area contributed by atoms with Gasteiger partial charge in [0.05, 0.1) is 12.5 Å². The third-order valence-corrected chi connectivity index (χ3v) is 3.33. The van der Waals surface area contributed by atoms with Crippen LogP contribution in [0, 0.1) is 5.92 Å². The van der Waals surface area contributed by atoms with Crippen LogP contribution in [-0.4, -0.2) is 39.3 Å². The standard InChI is InChI=1S/C15H22N2O3.ClH/c1-19-8-9-20-14-6-2-5-13(10-14)17-15(18)12-4-3-7-16-11-12;/h2,5-6,10,12,16H,3-4,7-9,11H2,1H3,(H,17,18);1H/t12-;/m1./s1. The molecule has 6 heteroatoms. The second-order valence-corrected chi connectivity index (χ2v) is 4.90. The lowest BCUT2D eigenvalue weighted by atomic mass is 9.99. The highest BCUT2D eigenvalue weighted by molar-refractivity contribution is 5.92. The minimum absolute atomic E-state index is 0. The third kappa shape index (κ3) is 5.91. The van der Waals surface area contributed by atoms with E-state index in [1.807, 2.05) is 24.3 Å². The Hall–Kier alpha value is -1.30. The van der Waals surface area contributed by atoms with Gasteiger partial charge in [0.25, 0.3) is 0 Å². The van der Waals surface area contributed by atoms with Gasteiger partial charge in [-0.25, -0.2) is 0 Å². The molecule has 0 bridgehead atoms. The molecule has 0 spiro atoms. The van der Waals surface area contributed by atoms with E-state index in [2.05, 4.69) is 10.6 Å². The Balaban J connectivity index is 0.00000220. The number of piperidine rings is 1. The number of anilines is 1. The first-order valence-electron chi connectivity index (χ1n) is 7.03. The van der Waals surface area contributed by atoms with Crippen molar-refractivity contribution in [3.63, 3.8) is 0 Å². The number of benzene rings is 1. The van der Waals surface area contributed by atoms with Crippen molar-refractivity contribution in [3.05, 3.63) is 24.3 Å². The van der Waals surface area contributed by atoms with E-state index < -0.39 is 0 Å². The summed E-state index contributed by atoms with van der Waals surface area (Å²) < 4.78 is 10.5. The van der Waals surface area contributed by atoms with Crippen LogP contribution < -0.4 is 15.4 Å². The van der Waals surface area contributed by atoms with Crippen molar-refractivity contribution < 1.29 is 14.3 Å². The number of amides is 1. The van der Waals surface area contributed by atoms with Gasteiger partial charge in [-0.3, -0.25) is 4.79 Å². The summed E-state index contributed by atoms with van der Waals surface area (Å²) in [7, 11) is 1.64. The number of carbonyl (C=O) groups is 1. The molecule has 1 fully saturated rings. The molecule has 1 aliphatic rings. The number of halogens is 1. The first-order chi connectivity index (χ1) is 9.79. The van der Waals surface area contributed by atoms with Gasteiger partial charge in [-0.1, -0.05) is 6.07 Å². The summed E-state index contributed by atoms with van der Waals surface area (Å²) in [5.41, 5.74) is 0.774. The predicted molar refractivity (Wildman–Crippen MR) is 85.3 cm³/mol. The van der Waals surface area contributed by atoms with Gasteiger partial charge in [0, 0.05) is 25.4 Å². The Kier molecular flexibility index (Phi) is 8.12. The highest BCUT2D eigenvalue weighted by Gasteiger charge is 2.20. The summed E-state index contributed by atoms with van der Waals surface area (Å²) in [4.78, 5) is 12.1. The maximum Gasteiger partial charge on any atom is 0.228 e. The van der Waals surface area contributed by atoms with E-state index in [0.717, 1.165) is 37.4 Å². The Bertz CT molecular complexity index is 437. The molecule has 1 aromatic carbocycles. The van der Waals surface area contributed by atoms with Gasteiger partial charge < -0.3 is 20.1 Å². The Morgan fingerprint density at radius 3 is 3.00 bits per heavy atom. The molecule has 5 nitrogen and oxygen atoms in total. The highest BCUT2D eigenvalue weighted by atomic mass is 35.5.